The van der Waals surface area contributed by atoms with Crippen LogP contribution >= 0.6 is 0 Å². The summed E-state index contributed by atoms with van der Waals surface area (Å²) in [5.41, 5.74) is 2.07. The summed E-state index contributed by atoms with van der Waals surface area (Å²) in [5.74, 6) is -0.706. The molecule has 0 fully saturated rings. The van der Waals surface area contributed by atoms with E-state index in [1.165, 1.54) is 12.1 Å². The smallest absolute Gasteiger partial charge is 0.284 e. The number of carbonyl (C=O) groups is 1. The van der Waals surface area contributed by atoms with Crippen LogP contribution in [0.2, 0.25) is 0 Å². The minimum atomic E-state index is -0.640. The number of hydrogen-bond donors (Lipinski definition) is 1. The number of benzene rings is 3. The second kappa shape index (κ2) is 9.39. The number of halogens is 1. The van der Waals surface area contributed by atoms with Crippen LogP contribution in [-0.4, -0.2) is 20.3 Å². The summed E-state index contributed by atoms with van der Waals surface area (Å²) in [6.07, 6.45) is 4.04. The van der Waals surface area contributed by atoms with Crippen LogP contribution in [0.1, 0.15) is 28.9 Å². The Morgan fingerprint density at radius 2 is 1.76 bits per heavy atom. The van der Waals surface area contributed by atoms with Gasteiger partial charge in [0.15, 0.2) is 11.6 Å². The molecule has 184 valence electrons. The zero-order valence-electron chi connectivity index (χ0n) is 19.9. The number of nitrogens with one attached hydrogen (secondary N) is 1. The summed E-state index contributed by atoms with van der Waals surface area (Å²) in [6.45, 7) is 0.650. The molecule has 6 rings (SSSR count). The fourth-order valence-electron chi connectivity index (χ4n) is 4.82. The third-order valence-corrected chi connectivity index (χ3v) is 6.53. The van der Waals surface area contributed by atoms with Crippen LogP contribution < -0.4 is 15.6 Å². The number of ether oxygens (including phenoxy) is 1. The number of para-hydroxylation sites is 2. The van der Waals surface area contributed by atoms with Crippen molar-refractivity contribution in [1.82, 2.24) is 14.3 Å². The van der Waals surface area contributed by atoms with E-state index in [-0.39, 0.29) is 22.6 Å². The number of pyridine rings is 1. The van der Waals surface area contributed by atoms with Crippen molar-refractivity contribution in [1.29, 1.82) is 0 Å². The van der Waals surface area contributed by atoms with Gasteiger partial charge >= 0.3 is 0 Å². The minimum Gasteiger partial charge on any atom is -0.454 e. The van der Waals surface area contributed by atoms with Gasteiger partial charge in [-0.05, 0) is 61.7 Å². The van der Waals surface area contributed by atoms with Gasteiger partial charge in [-0.15, -0.1) is 0 Å². The molecule has 0 spiro atoms. The predicted molar refractivity (Wildman–Crippen MR) is 139 cm³/mol. The molecule has 1 amide bonds. The van der Waals surface area contributed by atoms with Crippen molar-refractivity contribution in [2.24, 2.45) is 0 Å². The average molecular weight is 495 g/mol. The molecule has 0 radical (unpaired) electrons. The SMILES string of the molecule is O=C(Nc1ccc(Oc2ccnc3ccccc23)c(F)c1)c1c2n(n(-c3ccccc3)c1=O)CCCC2. The van der Waals surface area contributed by atoms with Crippen LogP contribution in [0.3, 0.4) is 0 Å². The predicted octanol–water partition coefficient (Wildman–Crippen LogP) is 5.71. The zero-order chi connectivity index (χ0) is 25.4. The van der Waals surface area contributed by atoms with E-state index in [0.29, 0.717) is 30.1 Å². The van der Waals surface area contributed by atoms with E-state index in [1.807, 2.05) is 59.3 Å². The van der Waals surface area contributed by atoms with Gasteiger partial charge in [0.25, 0.3) is 11.5 Å². The molecule has 0 aliphatic carbocycles. The average Bonchev–Trinajstić information content (AvgIpc) is 3.22. The van der Waals surface area contributed by atoms with Crippen LogP contribution in [0.4, 0.5) is 10.1 Å². The van der Waals surface area contributed by atoms with E-state index >= 15 is 4.39 Å². The molecule has 0 bridgehead atoms. The van der Waals surface area contributed by atoms with E-state index in [4.69, 9.17) is 4.74 Å². The van der Waals surface area contributed by atoms with Crippen LogP contribution in [0, 0.1) is 5.82 Å². The van der Waals surface area contributed by atoms with E-state index in [9.17, 15) is 9.59 Å². The van der Waals surface area contributed by atoms with Gasteiger partial charge in [-0.25, -0.2) is 9.07 Å². The summed E-state index contributed by atoms with van der Waals surface area (Å²) in [4.78, 5) is 31.0. The van der Waals surface area contributed by atoms with Crippen molar-refractivity contribution in [3.63, 3.8) is 0 Å². The van der Waals surface area contributed by atoms with E-state index in [2.05, 4.69) is 10.3 Å². The first-order valence-electron chi connectivity index (χ1n) is 12.1. The van der Waals surface area contributed by atoms with Crippen LogP contribution in [-0.2, 0) is 13.0 Å². The van der Waals surface area contributed by atoms with Crippen molar-refractivity contribution in [2.45, 2.75) is 25.8 Å². The largest absolute Gasteiger partial charge is 0.454 e. The summed E-state index contributed by atoms with van der Waals surface area (Å²) >= 11 is 0. The van der Waals surface area contributed by atoms with Gasteiger partial charge in [-0.3, -0.25) is 19.3 Å². The Kier molecular flexibility index (Phi) is 5.76. The highest BCUT2D eigenvalue weighted by molar-refractivity contribution is 6.05. The quantitative estimate of drug-likeness (QED) is 0.340. The van der Waals surface area contributed by atoms with Crippen molar-refractivity contribution in [3.8, 4) is 17.2 Å². The number of hydrogen-bond acceptors (Lipinski definition) is 4. The molecule has 0 atom stereocenters. The summed E-state index contributed by atoms with van der Waals surface area (Å²) in [7, 11) is 0. The van der Waals surface area contributed by atoms with Gasteiger partial charge in [-0.1, -0.05) is 30.3 Å². The lowest BCUT2D eigenvalue weighted by molar-refractivity contribution is 0.102. The number of aromatic nitrogens is 3. The fourth-order valence-corrected chi connectivity index (χ4v) is 4.82. The normalized spacial score (nSPS) is 12.8. The van der Waals surface area contributed by atoms with Gasteiger partial charge in [0.1, 0.15) is 11.3 Å². The highest BCUT2D eigenvalue weighted by Crippen LogP contribution is 2.31. The van der Waals surface area contributed by atoms with E-state index < -0.39 is 11.7 Å². The van der Waals surface area contributed by atoms with E-state index in [0.717, 1.165) is 23.7 Å². The third-order valence-electron chi connectivity index (χ3n) is 6.53. The first kappa shape index (κ1) is 22.7. The van der Waals surface area contributed by atoms with Gasteiger partial charge in [0.2, 0.25) is 0 Å². The summed E-state index contributed by atoms with van der Waals surface area (Å²) < 4.78 is 24.3. The van der Waals surface area contributed by atoms with Gasteiger partial charge < -0.3 is 10.1 Å². The molecule has 0 saturated heterocycles. The first-order chi connectivity index (χ1) is 18.1. The zero-order valence-corrected chi connectivity index (χ0v) is 19.9. The fraction of sp³-hybridized carbons (Fsp3) is 0.138. The van der Waals surface area contributed by atoms with Crippen LogP contribution in [0.5, 0.6) is 11.5 Å². The Bertz CT molecular complexity index is 1690. The Balaban J connectivity index is 1.29. The Hall–Kier alpha value is -4.72. The van der Waals surface area contributed by atoms with Crippen molar-refractivity contribution >= 4 is 22.5 Å². The minimum absolute atomic E-state index is 0.0158. The molecule has 1 N–H and O–H groups in total. The van der Waals surface area contributed by atoms with Crippen LogP contribution in [0.25, 0.3) is 16.6 Å². The Labute approximate surface area is 211 Å². The van der Waals surface area contributed by atoms with Crippen molar-refractivity contribution < 1.29 is 13.9 Å². The molecule has 1 aliphatic heterocycles. The molecule has 3 aromatic carbocycles. The summed E-state index contributed by atoms with van der Waals surface area (Å²) in [5, 5.41) is 3.46. The molecule has 2 aromatic heterocycles. The molecule has 8 heteroatoms. The van der Waals surface area contributed by atoms with Gasteiger partial charge in [0, 0.05) is 29.9 Å². The monoisotopic (exact) mass is 494 g/mol. The Morgan fingerprint density at radius 3 is 2.59 bits per heavy atom. The number of carbonyl (C=O) groups excluding carboxylic acids is 1. The van der Waals surface area contributed by atoms with Crippen LogP contribution in [0.15, 0.2) is 89.9 Å². The maximum absolute atomic E-state index is 15.0. The molecule has 5 aromatic rings. The second-order valence-corrected chi connectivity index (χ2v) is 8.88. The number of nitrogens with zero attached hydrogens (tertiary/aromatic N) is 3. The maximum Gasteiger partial charge on any atom is 0.284 e. The van der Waals surface area contributed by atoms with Gasteiger partial charge in [0.05, 0.1) is 16.9 Å². The molecular formula is C29H23FN4O3. The molecule has 0 unspecified atom stereocenters. The molecule has 37 heavy (non-hydrogen) atoms. The second-order valence-electron chi connectivity index (χ2n) is 8.88. The maximum atomic E-state index is 15.0. The lowest BCUT2D eigenvalue weighted by Crippen LogP contribution is -2.25. The molecule has 0 saturated carbocycles. The number of anilines is 1. The lowest BCUT2D eigenvalue weighted by Gasteiger charge is -2.19. The lowest BCUT2D eigenvalue weighted by atomic mass is 10.1. The number of amides is 1. The Morgan fingerprint density at radius 1 is 0.946 bits per heavy atom. The van der Waals surface area contributed by atoms with Gasteiger partial charge in [-0.2, -0.15) is 0 Å². The number of rotatable bonds is 5. The molecule has 3 heterocycles. The highest BCUT2D eigenvalue weighted by Gasteiger charge is 2.27. The van der Waals surface area contributed by atoms with Crippen molar-refractivity contribution in [3.05, 3.63) is 112 Å². The standard InChI is InChI=1S/C29H23FN4O3/c30-22-18-19(13-14-26(22)37-25-15-16-31-23-11-5-4-10-21(23)25)32-28(35)27-24-12-6-7-17-33(24)34(29(27)36)20-8-2-1-3-9-20/h1-5,8-11,13-16,18H,6-7,12,17H2,(H,32,35). The molecule has 1 aliphatic rings. The summed E-state index contributed by atoms with van der Waals surface area (Å²) in [6, 6.07) is 22.6. The first-order valence-corrected chi connectivity index (χ1v) is 12.1. The topological polar surface area (TPSA) is 78.2 Å². The molecular weight excluding hydrogens is 471 g/mol. The van der Waals surface area contributed by atoms with E-state index in [1.54, 1.807) is 23.0 Å². The third kappa shape index (κ3) is 4.16. The number of fused-ring (bicyclic) bond motifs is 2. The molecule has 7 nitrogen and oxygen atoms in total. The van der Waals surface area contributed by atoms with Crippen molar-refractivity contribution in [2.75, 3.05) is 5.32 Å². The highest BCUT2D eigenvalue weighted by atomic mass is 19.1.